The molecule has 0 radical (unpaired) electrons. The lowest BCUT2D eigenvalue weighted by Gasteiger charge is -2.49. The van der Waals surface area contributed by atoms with E-state index in [2.05, 4.69) is 0 Å². The first-order valence-electron chi connectivity index (χ1n) is 15.8. The summed E-state index contributed by atoms with van der Waals surface area (Å²) in [6, 6.07) is 0. The number of rotatable bonds is 5. The molecule has 42 heavy (non-hydrogen) atoms. The van der Waals surface area contributed by atoms with Crippen LogP contribution in [0.1, 0.15) is 89.0 Å². The molecule has 7 heteroatoms. The Bertz CT molecular complexity index is 1030. The summed E-state index contributed by atoms with van der Waals surface area (Å²) >= 11 is 0. The van der Waals surface area contributed by atoms with Crippen LogP contribution in [0.3, 0.4) is 0 Å². The van der Waals surface area contributed by atoms with Crippen molar-refractivity contribution in [2.45, 2.75) is 125 Å². The number of hydrogen-bond donors (Lipinski definition) is 4. The second-order valence-electron chi connectivity index (χ2n) is 13.8. The zero-order valence-corrected chi connectivity index (χ0v) is 27.7. The van der Waals surface area contributed by atoms with Gasteiger partial charge >= 0.3 is 5.97 Å². The maximum absolute atomic E-state index is 13.3. The Morgan fingerprint density at radius 2 is 1.60 bits per heavy atom. The first-order chi connectivity index (χ1) is 19.4. The second-order valence-corrected chi connectivity index (χ2v) is 13.8. The van der Waals surface area contributed by atoms with Crippen LogP contribution in [0.15, 0.2) is 47.1 Å². The number of allylic oxidation sites excluding steroid dienone is 5. The maximum Gasteiger partial charge on any atom is 0.334 e. The van der Waals surface area contributed by atoms with Crippen LogP contribution in [-0.2, 0) is 14.3 Å². The van der Waals surface area contributed by atoms with Gasteiger partial charge in [0.2, 0.25) is 0 Å². The van der Waals surface area contributed by atoms with E-state index in [1.807, 2.05) is 86.6 Å². The standard InChI is InChI=1S/C35H58O7/c1-19(2)32-26(9)29(36)18-35(40,42-32)28(11)31(38)27(10)33-22(5)14-12-13-20(3)15-23(6)30(37)24(7)16-21(4)17-25(8)34(39)41-33/h12-14,16-17,19,22-24,26-33,36-38,40H,15,18H2,1-11H3/t22-,23-,24+,26-,27-,28-,29+,30-,31+,32+,33-,35+/m0/s1. The van der Waals surface area contributed by atoms with Crippen LogP contribution in [0.2, 0.25) is 0 Å². The summed E-state index contributed by atoms with van der Waals surface area (Å²) in [6.07, 6.45) is 6.95. The summed E-state index contributed by atoms with van der Waals surface area (Å²) in [4.78, 5) is 13.3. The second kappa shape index (κ2) is 15.3. The maximum atomic E-state index is 13.3. The molecular weight excluding hydrogens is 532 g/mol. The van der Waals surface area contributed by atoms with Crippen LogP contribution >= 0.6 is 0 Å². The Hall–Kier alpha value is -1.77. The van der Waals surface area contributed by atoms with Crippen LogP contribution in [0.4, 0.5) is 0 Å². The van der Waals surface area contributed by atoms with Crippen molar-refractivity contribution in [1.29, 1.82) is 0 Å². The van der Waals surface area contributed by atoms with Gasteiger partial charge < -0.3 is 29.9 Å². The van der Waals surface area contributed by atoms with E-state index in [1.54, 1.807) is 19.9 Å². The summed E-state index contributed by atoms with van der Waals surface area (Å²) in [5.74, 6) is -3.91. The van der Waals surface area contributed by atoms with Crippen molar-refractivity contribution in [2.75, 3.05) is 0 Å². The predicted molar refractivity (Wildman–Crippen MR) is 167 cm³/mol. The minimum atomic E-state index is -1.73. The molecule has 0 bridgehead atoms. The third-order valence-corrected chi connectivity index (χ3v) is 9.52. The van der Waals surface area contributed by atoms with Gasteiger partial charge in [-0.15, -0.1) is 0 Å². The van der Waals surface area contributed by atoms with E-state index in [4.69, 9.17) is 9.47 Å². The third-order valence-electron chi connectivity index (χ3n) is 9.52. The van der Waals surface area contributed by atoms with Gasteiger partial charge in [0.25, 0.3) is 0 Å². The molecule has 0 aliphatic carbocycles. The van der Waals surface area contributed by atoms with Crippen molar-refractivity contribution in [3.8, 4) is 0 Å². The van der Waals surface area contributed by atoms with E-state index in [9.17, 15) is 25.2 Å². The topological polar surface area (TPSA) is 116 Å². The molecule has 0 aromatic rings. The molecule has 0 unspecified atom stereocenters. The van der Waals surface area contributed by atoms with E-state index < -0.39 is 48.0 Å². The molecule has 2 aliphatic rings. The summed E-state index contributed by atoms with van der Waals surface area (Å²) in [5.41, 5.74) is 2.40. The third kappa shape index (κ3) is 9.12. The van der Waals surface area contributed by atoms with Crippen LogP contribution in [0, 0.1) is 41.4 Å². The largest absolute Gasteiger partial charge is 0.458 e. The number of carbonyl (C=O) groups is 1. The van der Waals surface area contributed by atoms with Crippen LogP contribution in [0.25, 0.3) is 0 Å². The number of ether oxygens (including phenoxy) is 2. The Labute approximate surface area is 254 Å². The number of esters is 1. The van der Waals surface area contributed by atoms with Crippen molar-refractivity contribution in [1.82, 2.24) is 0 Å². The highest BCUT2D eigenvalue weighted by atomic mass is 16.6. The molecule has 1 fully saturated rings. The van der Waals surface area contributed by atoms with Crippen LogP contribution in [-0.4, -0.2) is 62.7 Å². The van der Waals surface area contributed by atoms with E-state index in [-0.39, 0.29) is 42.1 Å². The fourth-order valence-corrected chi connectivity index (χ4v) is 6.64. The fraction of sp³-hybridized carbons (Fsp3) is 0.743. The summed E-state index contributed by atoms with van der Waals surface area (Å²) in [5, 5.41) is 44.8. The molecule has 2 rings (SSSR count). The van der Waals surface area contributed by atoms with Crippen molar-refractivity contribution < 1.29 is 34.7 Å². The Morgan fingerprint density at radius 1 is 0.976 bits per heavy atom. The molecule has 0 spiro atoms. The smallest absolute Gasteiger partial charge is 0.334 e. The van der Waals surface area contributed by atoms with Gasteiger partial charge in [-0.05, 0) is 45.1 Å². The normalized spacial score (nSPS) is 38.2. The van der Waals surface area contributed by atoms with Gasteiger partial charge in [-0.25, -0.2) is 4.79 Å². The van der Waals surface area contributed by atoms with Crippen molar-refractivity contribution in [3.05, 3.63) is 47.1 Å². The molecule has 0 saturated carbocycles. The van der Waals surface area contributed by atoms with Crippen LogP contribution < -0.4 is 0 Å². The zero-order valence-electron chi connectivity index (χ0n) is 27.7. The molecule has 7 nitrogen and oxygen atoms in total. The average Bonchev–Trinajstić information content (AvgIpc) is 2.90. The molecule has 12 atom stereocenters. The Balaban J connectivity index is 2.43. The molecule has 2 aliphatic heterocycles. The van der Waals surface area contributed by atoms with Gasteiger partial charge in [-0.3, -0.25) is 0 Å². The molecule has 2 heterocycles. The number of carbonyl (C=O) groups excluding carboxylic acids is 1. The quantitative estimate of drug-likeness (QED) is 0.302. The van der Waals surface area contributed by atoms with Gasteiger partial charge in [0.15, 0.2) is 5.79 Å². The monoisotopic (exact) mass is 590 g/mol. The Morgan fingerprint density at radius 3 is 2.19 bits per heavy atom. The lowest BCUT2D eigenvalue weighted by atomic mass is 9.75. The minimum Gasteiger partial charge on any atom is -0.458 e. The molecule has 1 saturated heterocycles. The van der Waals surface area contributed by atoms with E-state index >= 15 is 0 Å². The highest BCUT2D eigenvalue weighted by Gasteiger charge is 2.51. The lowest BCUT2D eigenvalue weighted by molar-refractivity contribution is -0.328. The molecular formula is C35H58O7. The Kier molecular flexibility index (Phi) is 13.3. The van der Waals surface area contributed by atoms with Gasteiger partial charge in [0.1, 0.15) is 6.10 Å². The fourth-order valence-electron chi connectivity index (χ4n) is 6.64. The predicted octanol–water partition coefficient (Wildman–Crippen LogP) is 5.73. The van der Waals surface area contributed by atoms with E-state index in [0.717, 1.165) is 17.6 Å². The average molecular weight is 591 g/mol. The highest BCUT2D eigenvalue weighted by Crippen LogP contribution is 2.41. The van der Waals surface area contributed by atoms with Gasteiger partial charge in [-0.1, -0.05) is 90.8 Å². The molecule has 240 valence electrons. The lowest BCUT2D eigenvalue weighted by Crippen LogP contribution is -2.58. The number of aliphatic hydroxyl groups is 4. The van der Waals surface area contributed by atoms with Crippen molar-refractivity contribution >= 4 is 5.97 Å². The van der Waals surface area contributed by atoms with Gasteiger partial charge in [0.05, 0.1) is 24.4 Å². The molecule has 0 aromatic carbocycles. The van der Waals surface area contributed by atoms with Gasteiger partial charge in [-0.2, -0.15) is 0 Å². The molecule has 0 aromatic heterocycles. The number of aliphatic hydroxyl groups excluding tert-OH is 3. The summed E-state index contributed by atoms with van der Waals surface area (Å²) in [7, 11) is 0. The number of cyclic esters (lactones) is 1. The van der Waals surface area contributed by atoms with Crippen molar-refractivity contribution in [2.24, 2.45) is 41.4 Å². The van der Waals surface area contributed by atoms with E-state index in [1.165, 1.54) is 0 Å². The van der Waals surface area contributed by atoms with Crippen molar-refractivity contribution in [3.63, 3.8) is 0 Å². The zero-order chi connectivity index (χ0) is 32.1. The molecule has 0 amide bonds. The summed E-state index contributed by atoms with van der Waals surface area (Å²) in [6.45, 7) is 21.0. The SMILES string of the molecule is CC1=C[C@@H](C)[C@@H](O)[C@@H](C)CC(C)=CC=C[C@H](C)[C@@H]([C@@H](C)[C@@H](O)[C@H](C)[C@@]2(O)C[C@@H](O)[C@H](C)[C@@H](C(C)C)O2)OC(=O)C(C)=C1. The first-order valence-corrected chi connectivity index (χ1v) is 15.8. The van der Waals surface area contributed by atoms with E-state index in [0.29, 0.717) is 5.57 Å². The summed E-state index contributed by atoms with van der Waals surface area (Å²) < 4.78 is 12.3. The molecule has 4 N–H and O–H groups in total. The van der Waals surface area contributed by atoms with Gasteiger partial charge in [0, 0.05) is 41.6 Å². The van der Waals surface area contributed by atoms with Crippen LogP contribution in [0.5, 0.6) is 0 Å². The number of hydrogen-bond acceptors (Lipinski definition) is 7. The minimum absolute atomic E-state index is 0.00862. The first kappa shape index (κ1) is 36.4. The highest BCUT2D eigenvalue weighted by molar-refractivity contribution is 5.88.